The number of hydrogen-bond donors (Lipinski definition) is 0. The van der Waals surface area contributed by atoms with Crippen LogP contribution < -0.4 is 0 Å². The molecule has 0 N–H and O–H groups in total. The zero-order valence-electron chi connectivity index (χ0n) is 15.0. The van der Waals surface area contributed by atoms with Crippen LogP contribution in [-0.4, -0.2) is 27.6 Å². The number of esters is 1. The summed E-state index contributed by atoms with van der Waals surface area (Å²) in [6, 6.07) is 5.93. The minimum absolute atomic E-state index is 0.0233. The molecule has 0 saturated carbocycles. The van der Waals surface area contributed by atoms with Crippen molar-refractivity contribution in [2.45, 2.75) is 52.2 Å². The first kappa shape index (κ1) is 20.6. The van der Waals surface area contributed by atoms with Gasteiger partial charge in [0.05, 0.1) is 12.3 Å². The number of nitrogens with zero attached hydrogens (tertiary/aromatic N) is 1. The molecule has 0 aliphatic rings. The van der Waals surface area contributed by atoms with E-state index < -0.39 is 16.1 Å². The van der Waals surface area contributed by atoms with Crippen molar-refractivity contribution in [3.05, 3.63) is 35.6 Å². The van der Waals surface area contributed by atoms with E-state index in [1.165, 1.54) is 12.1 Å². The van der Waals surface area contributed by atoms with Crippen molar-refractivity contribution in [2.24, 2.45) is 10.3 Å². The van der Waals surface area contributed by atoms with E-state index in [1.54, 1.807) is 19.1 Å². The molecular weight excluding hydrogens is 329 g/mol. The van der Waals surface area contributed by atoms with Crippen LogP contribution in [0.25, 0.3) is 0 Å². The lowest BCUT2D eigenvalue weighted by molar-refractivity contribution is -0.144. The van der Waals surface area contributed by atoms with Crippen molar-refractivity contribution in [1.29, 1.82) is 0 Å². The Bertz CT molecular complexity index is 567. The quantitative estimate of drug-likeness (QED) is 0.421. The molecule has 1 rings (SSSR count). The Morgan fingerprint density at radius 1 is 1.29 bits per heavy atom. The lowest BCUT2D eigenvalue weighted by atomic mass is 9.96. The summed E-state index contributed by atoms with van der Waals surface area (Å²) in [5, 5.41) is 0. The zero-order chi connectivity index (χ0) is 18.3. The smallest absolute Gasteiger partial charge is 0.306 e. The van der Waals surface area contributed by atoms with E-state index >= 15 is 0 Å². The molecule has 0 heterocycles. The van der Waals surface area contributed by atoms with Crippen LogP contribution in [0.2, 0.25) is 0 Å². The van der Waals surface area contributed by atoms with Crippen LogP contribution in [0, 0.1) is 11.7 Å². The first-order valence-electron chi connectivity index (χ1n) is 8.04. The van der Waals surface area contributed by atoms with Crippen LogP contribution in [-0.2, 0) is 20.9 Å². The lowest BCUT2D eigenvalue weighted by Gasteiger charge is -2.20. The summed E-state index contributed by atoms with van der Waals surface area (Å²) in [4.78, 5) is 11.6. The third kappa shape index (κ3) is 7.01. The molecule has 0 spiro atoms. The fourth-order valence-corrected chi connectivity index (χ4v) is 2.65. The highest BCUT2D eigenvalue weighted by Crippen LogP contribution is 2.22. The van der Waals surface area contributed by atoms with Crippen molar-refractivity contribution >= 4 is 23.0 Å². The highest BCUT2D eigenvalue weighted by atomic mass is 32.2. The topological polar surface area (TPSA) is 61.7 Å². The Balaban J connectivity index is 2.99. The van der Waals surface area contributed by atoms with Gasteiger partial charge in [0.15, 0.2) is 0 Å². The second-order valence-electron chi connectivity index (χ2n) is 6.72. The van der Waals surface area contributed by atoms with Crippen LogP contribution in [0.4, 0.5) is 4.39 Å². The molecule has 0 radical (unpaired) electrons. The van der Waals surface area contributed by atoms with Gasteiger partial charge >= 0.3 is 5.97 Å². The fourth-order valence-electron chi connectivity index (χ4n) is 1.99. The third-order valence-corrected chi connectivity index (χ3v) is 4.69. The number of carbonyl (C=O) groups is 1. The molecule has 0 aromatic heterocycles. The fraction of sp³-hybridized carbons (Fsp3) is 0.556. The molecule has 1 aromatic carbocycles. The van der Waals surface area contributed by atoms with Gasteiger partial charge in [0, 0.05) is 12.0 Å². The highest BCUT2D eigenvalue weighted by molar-refractivity contribution is 7.91. The Morgan fingerprint density at radius 2 is 1.88 bits per heavy atom. The van der Waals surface area contributed by atoms with Gasteiger partial charge in [-0.15, -0.1) is 0 Å². The van der Waals surface area contributed by atoms with Crippen molar-refractivity contribution in [3.8, 4) is 0 Å². The molecular formula is C18H26FNO3S. The van der Waals surface area contributed by atoms with Gasteiger partial charge in [-0.1, -0.05) is 23.5 Å². The molecule has 0 saturated heterocycles. The van der Waals surface area contributed by atoms with E-state index in [-0.39, 0.29) is 24.1 Å². The first-order chi connectivity index (χ1) is 11.1. The number of hydrogen-bond acceptors (Lipinski definition) is 4. The van der Waals surface area contributed by atoms with E-state index in [0.29, 0.717) is 24.3 Å². The van der Waals surface area contributed by atoms with Crippen molar-refractivity contribution < 1.29 is 18.5 Å². The van der Waals surface area contributed by atoms with E-state index in [9.17, 15) is 13.7 Å². The SMILES string of the molecule is CCOC(=O)C[C@@H](C)C/C(=N/[S@+]([O-])C(C)(C)C)c1ccc(F)cc1. The second-order valence-corrected chi connectivity index (χ2v) is 8.63. The predicted octanol–water partition coefficient (Wildman–Crippen LogP) is 4.06. The monoisotopic (exact) mass is 355 g/mol. The first-order valence-corrected chi connectivity index (χ1v) is 9.15. The van der Waals surface area contributed by atoms with Gasteiger partial charge in [-0.2, -0.15) is 0 Å². The van der Waals surface area contributed by atoms with Crippen molar-refractivity contribution in [3.63, 3.8) is 0 Å². The molecule has 0 bridgehead atoms. The molecule has 0 unspecified atom stereocenters. The summed E-state index contributed by atoms with van der Waals surface area (Å²) in [6.45, 7) is 9.56. The van der Waals surface area contributed by atoms with E-state index in [4.69, 9.17) is 4.74 Å². The normalized spacial score (nSPS) is 15.0. The molecule has 6 heteroatoms. The summed E-state index contributed by atoms with van der Waals surface area (Å²) < 4.78 is 34.4. The minimum atomic E-state index is -1.43. The van der Waals surface area contributed by atoms with Crippen LogP contribution in [0.1, 0.15) is 53.0 Å². The van der Waals surface area contributed by atoms with Gasteiger partial charge in [0.25, 0.3) is 0 Å². The second kappa shape index (κ2) is 9.18. The maximum atomic E-state index is 13.2. The van der Waals surface area contributed by atoms with Gasteiger partial charge in [-0.05, 0) is 52.2 Å². The molecule has 0 aliphatic carbocycles. The number of halogens is 1. The van der Waals surface area contributed by atoms with E-state index in [2.05, 4.69) is 4.40 Å². The van der Waals surface area contributed by atoms with Gasteiger partial charge in [0.2, 0.25) is 0 Å². The number of benzene rings is 1. The number of ether oxygens (including phenoxy) is 1. The summed E-state index contributed by atoms with van der Waals surface area (Å²) >= 11 is -1.43. The number of rotatable bonds is 7. The molecule has 4 nitrogen and oxygen atoms in total. The summed E-state index contributed by atoms with van der Waals surface area (Å²) in [5.74, 6) is -0.625. The maximum Gasteiger partial charge on any atom is 0.306 e. The Labute approximate surface area is 146 Å². The standard InChI is InChI=1S/C18H26FNO3S/c1-6-23-17(21)12-13(2)11-16(20-24(22)18(3,4)5)14-7-9-15(19)10-8-14/h7-10,13H,6,11-12H2,1-5H3/b20-16-/t13-,24+/m0/s1. The number of carbonyl (C=O) groups excluding carboxylic acids is 1. The zero-order valence-corrected chi connectivity index (χ0v) is 15.8. The molecule has 0 fully saturated rings. The molecule has 2 atom stereocenters. The molecule has 0 amide bonds. The van der Waals surface area contributed by atoms with E-state index in [0.717, 1.165) is 0 Å². The van der Waals surface area contributed by atoms with Gasteiger partial charge < -0.3 is 9.29 Å². The Kier molecular flexibility index (Phi) is 7.90. The van der Waals surface area contributed by atoms with Crippen LogP contribution in [0.3, 0.4) is 0 Å². The third-order valence-electron chi connectivity index (χ3n) is 3.26. The average molecular weight is 355 g/mol. The average Bonchev–Trinajstić information content (AvgIpc) is 2.46. The highest BCUT2D eigenvalue weighted by Gasteiger charge is 2.28. The largest absolute Gasteiger partial charge is 0.591 e. The Morgan fingerprint density at radius 3 is 2.38 bits per heavy atom. The van der Waals surface area contributed by atoms with Crippen LogP contribution in [0.15, 0.2) is 28.7 Å². The van der Waals surface area contributed by atoms with Gasteiger partial charge in [-0.3, -0.25) is 4.79 Å². The Hall–Kier alpha value is -1.40. The predicted molar refractivity (Wildman–Crippen MR) is 95.9 cm³/mol. The van der Waals surface area contributed by atoms with Gasteiger partial charge in [-0.25, -0.2) is 4.39 Å². The molecule has 134 valence electrons. The summed E-state index contributed by atoms with van der Waals surface area (Å²) in [5.41, 5.74) is 1.32. The molecule has 1 aromatic rings. The van der Waals surface area contributed by atoms with E-state index in [1.807, 2.05) is 27.7 Å². The summed E-state index contributed by atoms with van der Waals surface area (Å²) in [6.07, 6.45) is 0.725. The van der Waals surface area contributed by atoms with Crippen molar-refractivity contribution in [2.75, 3.05) is 6.61 Å². The maximum absolute atomic E-state index is 13.2. The minimum Gasteiger partial charge on any atom is -0.591 e. The molecule has 24 heavy (non-hydrogen) atoms. The lowest BCUT2D eigenvalue weighted by Crippen LogP contribution is -2.27. The van der Waals surface area contributed by atoms with Crippen LogP contribution >= 0.6 is 0 Å². The van der Waals surface area contributed by atoms with Gasteiger partial charge in [0.1, 0.15) is 21.9 Å². The van der Waals surface area contributed by atoms with Crippen LogP contribution in [0.5, 0.6) is 0 Å². The van der Waals surface area contributed by atoms with Crippen molar-refractivity contribution in [1.82, 2.24) is 0 Å². The molecule has 0 aliphatic heterocycles. The summed E-state index contributed by atoms with van der Waals surface area (Å²) in [7, 11) is 0.